The van der Waals surface area contributed by atoms with E-state index in [4.69, 9.17) is 10.5 Å². The minimum atomic E-state index is -1.65. The molecule has 4 heteroatoms. The van der Waals surface area contributed by atoms with Gasteiger partial charge in [0.05, 0.1) is 25.3 Å². The Labute approximate surface area is 123 Å². The molecule has 2 aliphatic heterocycles. The maximum absolute atomic E-state index is 12.5. The highest BCUT2D eigenvalue weighted by molar-refractivity contribution is 7.45. The second-order valence-corrected chi connectivity index (χ2v) is 10.7. The van der Waals surface area contributed by atoms with Crippen LogP contribution < -0.4 is 5.73 Å². The van der Waals surface area contributed by atoms with E-state index in [1.54, 1.807) is 0 Å². The zero-order valence-corrected chi connectivity index (χ0v) is 14.3. The SMILES string of the molecule is CC1(C)CCC(C2C[PH](=O)C(N)C3CC(C)(C)OC23)C1. The van der Waals surface area contributed by atoms with Gasteiger partial charge >= 0.3 is 0 Å². The van der Waals surface area contributed by atoms with Crippen molar-refractivity contribution in [3.05, 3.63) is 0 Å². The van der Waals surface area contributed by atoms with Gasteiger partial charge in [0, 0.05) is 12.1 Å². The molecule has 116 valence electrons. The molecule has 6 unspecified atom stereocenters. The van der Waals surface area contributed by atoms with Crippen LogP contribution in [-0.4, -0.2) is 23.6 Å². The molecule has 0 radical (unpaired) electrons. The Morgan fingerprint density at radius 2 is 1.85 bits per heavy atom. The van der Waals surface area contributed by atoms with Gasteiger partial charge in [-0.1, -0.05) is 13.8 Å². The third-order valence-corrected chi connectivity index (χ3v) is 7.95. The molecule has 2 saturated heterocycles. The summed E-state index contributed by atoms with van der Waals surface area (Å²) in [6.45, 7) is 9.04. The molecule has 2 heterocycles. The molecule has 0 aromatic carbocycles. The summed E-state index contributed by atoms with van der Waals surface area (Å²) in [5, 5.41) is 0. The van der Waals surface area contributed by atoms with Crippen LogP contribution in [0.25, 0.3) is 0 Å². The third-order valence-electron chi connectivity index (χ3n) is 5.91. The molecule has 1 saturated carbocycles. The quantitative estimate of drug-likeness (QED) is 0.754. The molecule has 0 amide bonds. The minimum absolute atomic E-state index is 0.0915. The zero-order chi connectivity index (χ0) is 14.7. The van der Waals surface area contributed by atoms with Crippen molar-refractivity contribution in [3.8, 4) is 0 Å². The smallest absolute Gasteiger partial charge is 0.0928 e. The van der Waals surface area contributed by atoms with Crippen LogP contribution in [0.1, 0.15) is 53.4 Å². The third kappa shape index (κ3) is 2.62. The van der Waals surface area contributed by atoms with Crippen LogP contribution in [0.2, 0.25) is 0 Å². The fourth-order valence-corrected chi connectivity index (χ4v) is 7.03. The predicted octanol–water partition coefficient (Wildman–Crippen LogP) is 3.47. The largest absolute Gasteiger partial charge is 0.372 e. The first-order valence-corrected chi connectivity index (χ1v) is 9.84. The molecule has 3 nitrogen and oxygen atoms in total. The second kappa shape index (κ2) is 4.83. The van der Waals surface area contributed by atoms with Crippen molar-refractivity contribution in [2.24, 2.45) is 28.9 Å². The van der Waals surface area contributed by atoms with Gasteiger partial charge in [0.2, 0.25) is 0 Å². The first kappa shape index (κ1) is 15.1. The number of hydrogen-bond donors (Lipinski definition) is 1. The minimum Gasteiger partial charge on any atom is -0.372 e. The number of fused-ring (bicyclic) bond motifs is 1. The highest BCUT2D eigenvalue weighted by Gasteiger charge is 2.53. The van der Waals surface area contributed by atoms with Crippen LogP contribution in [0.5, 0.6) is 0 Å². The lowest BCUT2D eigenvalue weighted by Crippen LogP contribution is -2.45. The predicted molar refractivity (Wildman–Crippen MR) is 83.5 cm³/mol. The van der Waals surface area contributed by atoms with Crippen molar-refractivity contribution in [3.63, 3.8) is 0 Å². The number of nitrogens with two attached hydrogens (primary N) is 1. The summed E-state index contributed by atoms with van der Waals surface area (Å²) >= 11 is 0. The lowest BCUT2D eigenvalue weighted by Gasteiger charge is -2.40. The van der Waals surface area contributed by atoms with Crippen LogP contribution in [0.3, 0.4) is 0 Å². The second-order valence-electron chi connectivity index (χ2n) is 8.74. The summed E-state index contributed by atoms with van der Waals surface area (Å²) < 4.78 is 18.8. The summed E-state index contributed by atoms with van der Waals surface area (Å²) in [5.41, 5.74) is 6.61. The lowest BCUT2D eigenvalue weighted by molar-refractivity contribution is -0.0580. The summed E-state index contributed by atoms with van der Waals surface area (Å²) in [7, 11) is -1.65. The van der Waals surface area contributed by atoms with E-state index in [2.05, 4.69) is 27.7 Å². The standard InChI is InChI=1S/C16H30NO2P/c1-15(2)6-5-10(7-15)12-9-20(18)14(17)11-8-16(3,4)19-13(11)12/h10-14,20H,5-9,17H2,1-4H3. The van der Waals surface area contributed by atoms with E-state index >= 15 is 0 Å². The van der Waals surface area contributed by atoms with Gasteiger partial charge in [-0.25, -0.2) is 0 Å². The van der Waals surface area contributed by atoms with Crippen molar-refractivity contribution < 1.29 is 9.30 Å². The Hall–Kier alpha value is 0.150. The van der Waals surface area contributed by atoms with E-state index in [0.29, 0.717) is 23.2 Å². The molecule has 20 heavy (non-hydrogen) atoms. The van der Waals surface area contributed by atoms with Gasteiger partial charge in [-0.2, -0.15) is 0 Å². The molecule has 1 aliphatic carbocycles. The van der Waals surface area contributed by atoms with Crippen LogP contribution in [0.4, 0.5) is 0 Å². The molecular formula is C16H30NO2P. The van der Waals surface area contributed by atoms with Crippen molar-refractivity contribution in [2.45, 2.75) is 70.9 Å². The van der Waals surface area contributed by atoms with Crippen LogP contribution in [0.15, 0.2) is 0 Å². The van der Waals surface area contributed by atoms with Crippen LogP contribution in [-0.2, 0) is 9.30 Å². The lowest BCUT2D eigenvalue weighted by atomic mass is 9.79. The Bertz CT molecular complexity index is 421. The van der Waals surface area contributed by atoms with E-state index in [0.717, 1.165) is 12.6 Å². The van der Waals surface area contributed by atoms with E-state index in [9.17, 15) is 4.57 Å². The van der Waals surface area contributed by atoms with Gasteiger partial charge in [-0.15, -0.1) is 0 Å². The van der Waals surface area contributed by atoms with Crippen molar-refractivity contribution in [1.82, 2.24) is 0 Å². The molecule has 0 bridgehead atoms. The Balaban J connectivity index is 1.82. The van der Waals surface area contributed by atoms with E-state index < -0.39 is 7.80 Å². The number of rotatable bonds is 1. The molecule has 0 aromatic heterocycles. The Kier molecular flexibility index (Phi) is 3.64. The summed E-state index contributed by atoms with van der Waals surface area (Å²) in [6.07, 6.45) is 5.87. The molecule has 0 spiro atoms. The summed E-state index contributed by atoms with van der Waals surface area (Å²) in [5.74, 6) is 1.37. The number of ether oxygens (including phenoxy) is 1. The van der Waals surface area contributed by atoms with Gasteiger partial charge in [0.1, 0.15) is 0 Å². The van der Waals surface area contributed by atoms with Crippen molar-refractivity contribution in [2.75, 3.05) is 6.16 Å². The molecule has 3 aliphatic rings. The molecule has 2 N–H and O–H groups in total. The van der Waals surface area contributed by atoms with Gasteiger partial charge < -0.3 is 15.0 Å². The Morgan fingerprint density at radius 1 is 1.15 bits per heavy atom. The average molecular weight is 299 g/mol. The van der Waals surface area contributed by atoms with E-state index in [-0.39, 0.29) is 17.5 Å². The molecule has 0 aromatic rings. The topological polar surface area (TPSA) is 52.3 Å². The van der Waals surface area contributed by atoms with Gasteiger partial charge in [0.25, 0.3) is 0 Å². The zero-order valence-electron chi connectivity index (χ0n) is 13.3. The maximum atomic E-state index is 12.5. The van der Waals surface area contributed by atoms with Crippen LogP contribution >= 0.6 is 7.80 Å². The van der Waals surface area contributed by atoms with E-state index in [1.165, 1.54) is 19.3 Å². The first-order chi connectivity index (χ1) is 9.19. The maximum Gasteiger partial charge on any atom is 0.0928 e. The molecule has 3 rings (SSSR count). The summed E-state index contributed by atoms with van der Waals surface area (Å²) in [6, 6.07) is 0. The van der Waals surface area contributed by atoms with Crippen molar-refractivity contribution in [1.29, 1.82) is 0 Å². The monoisotopic (exact) mass is 299 g/mol. The highest BCUT2D eigenvalue weighted by atomic mass is 31.1. The van der Waals surface area contributed by atoms with Gasteiger partial charge in [-0.3, -0.25) is 0 Å². The Morgan fingerprint density at radius 3 is 2.45 bits per heavy atom. The highest BCUT2D eigenvalue weighted by Crippen LogP contribution is 2.56. The normalized spacial score (nSPS) is 50.0. The molecule has 6 atom stereocenters. The average Bonchev–Trinajstić information content (AvgIpc) is 2.83. The van der Waals surface area contributed by atoms with Gasteiger partial charge in [0.15, 0.2) is 0 Å². The van der Waals surface area contributed by atoms with Crippen LogP contribution in [0, 0.1) is 23.2 Å². The fraction of sp³-hybridized carbons (Fsp3) is 1.00. The first-order valence-electron chi connectivity index (χ1n) is 8.15. The van der Waals surface area contributed by atoms with Gasteiger partial charge in [-0.05, 0) is 56.8 Å². The van der Waals surface area contributed by atoms with E-state index in [1.807, 2.05) is 0 Å². The van der Waals surface area contributed by atoms with Crippen molar-refractivity contribution >= 4 is 7.80 Å². The number of hydrogen-bond acceptors (Lipinski definition) is 3. The fourth-order valence-electron chi connectivity index (χ4n) is 4.94. The molecule has 3 fully saturated rings. The summed E-state index contributed by atoms with van der Waals surface area (Å²) in [4.78, 5) is 0. The molecular weight excluding hydrogens is 269 g/mol.